The fourth-order valence-electron chi connectivity index (χ4n) is 2.13. The van der Waals surface area contributed by atoms with E-state index >= 15 is 0 Å². The maximum atomic E-state index is 12.3. The first-order valence-corrected chi connectivity index (χ1v) is 8.84. The van der Waals surface area contributed by atoms with Crippen LogP contribution in [0.1, 0.15) is 12.5 Å². The molecule has 0 spiro atoms. The van der Waals surface area contributed by atoms with Crippen LogP contribution in [0.4, 0.5) is 5.69 Å². The molecule has 7 heteroatoms. The van der Waals surface area contributed by atoms with Crippen LogP contribution in [0.5, 0.6) is 11.5 Å². The molecule has 0 aliphatic carbocycles. The number of carbonyl (C=O) groups excluding carboxylic acids is 1. The summed E-state index contributed by atoms with van der Waals surface area (Å²) in [5.74, 6) is 0.680. The van der Waals surface area contributed by atoms with Gasteiger partial charge in [-0.05, 0) is 70.9 Å². The summed E-state index contributed by atoms with van der Waals surface area (Å²) < 4.78 is 11.2. The van der Waals surface area contributed by atoms with Crippen LogP contribution in [0, 0.1) is 11.3 Å². The third-order valence-corrected chi connectivity index (χ3v) is 4.20. The minimum absolute atomic E-state index is 0.0482. The first-order valence-electron chi connectivity index (χ1n) is 7.67. The van der Waals surface area contributed by atoms with Gasteiger partial charge in [0, 0.05) is 5.69 Å². The summed E-state index contributed by atoms with van der Waals surface area (Å²) in [5, 5.41) is 12.4. The van der Waals surface area contributed by atoms with Gasteiger partial charge in [-0.15, -0.1) is 0 Å². The van der Waals surface area contributed by atoms with Gasteiger partial charge in [0.15, 0.2) is 5.75 Å². The molecule has 0 radical (unpaired) electrons. The number of halogens is 2. The van der Waals surface area contributed by atoms with Crippen molar-refractivity contribution < 1.29 is 14.3 Å². The predicted octanol–water partition coefficient (Wildman–Crippen LogP) is 5.06. The summed E-state index contributed by atoms with van der Waals surface area (Å²) in [4.78, 5) is 12.3. The number of hydrogen-bond donors (Lipinski definition) is 1. The molecular formula is C19H16BrClN2O3. The van der Waals surface area contributed by atoms with E-state index in [1.165, 1.54) is 6.08 Å². The van der Waals surface area contributed by atoms with Crippen molar-refractivity contribution in [3.05, 3.63) is 57.0 Å². The van der Waals surface area contributed by atoms with Crippen molar-refractivity contribution in [1.82, 2.24) is 0 Å². The molecule has 26 heavy (non-hydrogen) atoms. The largest absolute Gasteiger partial charge is 0.497 e. The molecule has 134 valence electrons. The number of ether oxygens (including phenoxy) is 2. The molecule has 0 fully saturated rings. The Morgan fingerprint density at radius 1 is 1.35 bits per heavy atom. The molecule has 0 unspecified atom stereocenters. The van der Waals surface area contributed by atoms with E-state index in [1.54, 1.807) is 43.5 Å². The van der Waals surface area contributed by atoms with E-state index < -0.39 is 5.91 Å². The lowest BCUT2D eigenvalue weighted by Gasteiger charge is -2.09. The number of rotatable bonds is 6. The smallest absolute Gasteiger partial charge is 0.266 e. The van der Waals surface area contributed by atoms with Crippen molar-refractivity contribution in [3.63, 3.8) is 0 Å². The van der Waals surface area contributed by atoms with Crippen LogP contribution in [0.15, 0.2) is 46.4 Å². The van der Waals surface area contributed by atoms with E-state index in [4.69, 9.17) is 21.1 Å². The Balaban J connectivity index is 2.23. The molecule has 1 amide bonds. The van der Waals surface area contributed by atoms with Gasteiger partial charge in [0.25, 0.3) is 5.91 Å². The van der Waals surface area contributed by atoms with Crippen LogP contribution in [0.25, 0.3) is 6.08 Å². The summed E-state index contributed by atoms with van der Waals surface area (Å²) >= 11 is 9.58. The van der Waals surface area contributed by atoms with Crippen molar-refractivity contribution >= 4 is 45.2 Å². The van der Waals surface area contributed by atoms with Gasteiger partial charge >= 0.3 is 0 Å². The Bertz CT molecular complexity index is 850. The highest BCUT2D eigenvalue weighted by Gasteiger charge is 2.12. The van der Waals surface area contributed by atoms with Crippen LogP contribution >= 0.6 is 27.5 Å². The molecule has 0 atom stereocenters. The van der Waals surface area contributed by atoms with Crippen LogP contribution in [-0.4, -0.2) is 19.6 Å². The number of amides is 1. The van der Waals surface area contributed by atoms with Crippen LogP contribution < -0.4 is 14.8 Å². The zero-order chi connectivity index (χ0) is 19.1. The van der Waals surface area contributed by atoms with Gasteiger partial charge < -0.3 is 14.8 Å². The maximum absolute atomic E-state index is 12.3. The minimum Gasteiger partial charge on any atom is -0.497 e. The number of nitrogens with zero attached hydrogens (tertiary/aromatic N) is 1. The first kappa shape index (κ1) is 19.8. The third-order valence-electron chi connectivity index (χ3n) is 3.33. The molecule has 5 nitrogen and oxygen atoms in total. The molecule has 1 N–H and O–H groups in total. The van der Waals surface area contributed by atoms with Crippen LogP contribution in [0.3, 0.4) is 0 Å². The summed E-state index contributed by atoms with van der Waals surface area (Å²) in [7, 11) is 1.56. The maximum Gasteiger partial charge on any atom is 0.266 e. The Labute approximate surface area is 165 Å². The average Bonchev–Trinajstić information content (AvgIpc) is 2.63. The van der Waals surface area contributed by atoms with Gasteiger partial charge in [-0.25, -0.2) is 0 Å². The third kappa shape index (κ3) is 5.01. The second-order valence-electron chi connectivity index (χ2n) is 5.10. The standard InChI is InChI=1S/C19H16BrClN2O3/c1-3-26-18-16(20)9-12(10-17(18)21)8-13(11-22)19(24)23-14-4-6-15(25-2)7-5-14/h4-10H,3H2,1-2H3,(H,23,24)/b13-8-. The molecule has 2 rings (SSSR count). The Morgan fingerprint density at radius 2 is 2.04 bits per heavy atom. The fraction of sp³-hybridized carbons (Fsp3) is 0.158. The molecule has 0 aliphatic rings. The molecule has 0 bridgehead atoms. The van der Waals surface area contributed by atoms with E-state index in [9.17, 15) is 10.1 Å². The number of anilines is 1. The number of nitrogens with one attached hydrogen (secondary N) is 1. The number of carbonyl (C=O) groups is 1. The fourth-order valence-corrected chi connectivity index (χ4v) is 3.12. The summed E-state index contributed by atoms with van der Waals surface area (Å²) in [6.07, 6.45) is 1.46. The van der Waals surface area contributed by atoms with Crippen molar-refractivity contribution in [2.45, 2.75) is 6.92 Å². The molecule has 0 saturated carbocycles. The van der Waals surface area contributed by atoms with E-state index in [2.05, 4.69) is 21.2 Å². The molecule has 0 aliphatic heterocycles. The monoisotopic (exact) mass is 434 g/mol. The quantitative estimate of drug-likeness (QED) is 0.509. The topological polar surface area (TPSA) is 71.3 Å². The SMILES string of the molecule is CCOc1c(Cl)cc(/C=C(/C#N)C(=O)Nc2ccc(OC)cc2)cc1Br. The molecule has 2 aromatic carbocycles. The number of nitriles is 1. The lowest BCUT2D eigenvalue weighted by molar-refractivity contribution is -0.112. The average molecular weight is 436 g/mol. The second kappa shape index (κ2) is 9.27. The number of hydrogen-bond acceptors (Lipinski definition) is 4. The van der Waals surface area contributed by atoms with Crippen molar-refractivity contribution in [3.8, 4) is 17.6 Å². The van der Waals surface area contributed by atoms with Gasteiger partial charge in [0.05, 0.1) is 23.2 Å². The lowest BCUT2D eigenvalue weighted by Crippen LogP contribution is -2.13. The Morgan fingerprint density at radius 3 is 2.58 bits per heavy atom. The predicted molar refractivity (Wildman–Crippen MR) is 106 cm³/mol. The van der Waals surface area contributed by atoms with Crippen LogP contribution in [-0.2, 0) is 4.79 Å². The van der Waals surface area contributed by atoms with Gasteiger partial charge in [-0.1, -0.05) is 11.6 Å². The van der Waals surface area contributed by atoms with Gasteiger partial charge in [-0.3, -0.25) is 4.79 Å². The van der Waals surface area contributed by atoms with Crippen molar-refractivity contribution in [2.75, 3.05) is 19.0 Å². The first-order chi connectivity index (χ1) is 12.5. The molecule has 2 aromatic rings. The zero-order valence-electron chi connectivity index (χ0n) is 14.2. The highest BCUT2D eigenvalue weighted by Crippen LogP contribution is 2.35. The zero-order valence-corrected chi connectivity index (χ0v) is 16.5. The molecule has 0 aromatic heterocycles. The molecule has 0 saturated heterocycles. The second-order valence-corrected chi connectivity index (χ2v) is 6.36. The van der Waals surface area contributed by atoms with Gasteiger partial charge in [0.1, 0.15) is 17.4 Å². The van der Waals surface area contributed by atoms with Crippen molar-refractivity contribution in [1.29, 1.82) is 5.26 Å². The highest BCUT2D eigenvalue weighted by molar-refractivity contribution is 9.10. The lowest BCUT2D eigenvalue weighted by atomic mass is 10.1. The molecular weight excluding hydrogens is 420 g/mol. The van der Waals surface area contributed by atoms with Gasteiger partial charge in [-0.2, -0.15) is 5.26 Å². The number of benzene rings is 2. The van der Waals surface area contributed by atoms with E-state index in [1.807, 2.05) is 13.0 Å². The molecule has 0 heterocycles. The van der Waals surface area contributed by atoms with Gasteiger partial charge in [0.2, 0.25) is 0 Å². The van der Waals surface area contributed by atoms with E-state index in [0.717, 1.165) is 0 Å². The van der Waals surface area contributed by atoms with E-state index in [0.29, 0.717) is 38.9 Å². The van der Waals surface area contributed by atoms with E-state index in [-0.39, 0.29) is 5.57 Å². The number of methoxy groups -OCH3 is 1. The van der Waals surface area contributed by atoms with Crippen molar-refractivity contribution in [2.24, 2.45) is 0 Å². The van der Waals surface area contributed by atoms with Crippen LogP contribution in [0.2, 0.25) is 5.02 Å². The summed E-state index contributed by atoms with van der Waals surface area (Å²) in [5.41, 5.74) is 1.11. The minimum atomic E-state index is -0.515. The Hall–Kier alpha value is -2.49. The highest BCUT2D eigenvalue weighted by atomic mass is 79.9. The summed E-state index contributed by atoms with van der Waals surface area (Å²) in [6, 6.07) is 12.1. The Kier molecular flexibility index (Phi) is 7.07. The normalized spacial score (nSPS) is 10.8. The summed E-state index contributed by atoms with van der Waals surface area (Å²) in [6.45, 7) is 2.33.